The van der Waals surface area contributed by atoms with E-state index in [1.54, 1.807) is 18.2 Å². The van der Waals surface area contributed by atoms with Crippen LogP contribution in [0, 0.1) is 6.92 Å². The number of H-pyrrole nitrogens is 2. The summed E-state index contributed by atoms with van der Waals surface area (Å²) in [6.07, 6.45) is -1.92. The van der Waals surface area contributed by atoms with Crippen molar-refractivity contribution in [1.82, 2.24) is 29.4 Å². The number of hydrogen-bond donors (Lipinski definition) is 9. The van der Waals surface area contributed by atoms with Crippen molar-refractivity contribution in [3.8, 4) is 5.75 Å². The second kappa shape index (κ2) is 22.6. The molecule has 21 heteroatoms. The highest BCUT2D eigenvalue weighted by atomic mass is 19.2. The largest absolute Gasteiger partial charge is 0.678 e. The van der Waals surface area contributed by atoms with Gasteiger partial charge in [-0.15, -0.1) is 5.10 Å². The molecule has 3 aliphatic heterocycles. The lowest BCUT2D eigenvalue weighted by molar-refractivity contribution is -0.347. The summed E-state index contributed by atoms with van der Waals surface area (Å²) in [6.45, 7) is 6.31. The Morgan fingerprint density at radius 2 is 1.40 bits per heavy atom. The highest BCUT2D eigenvalue weighted by Gasteiger charge is 2.51. The number of aromatic amines is 2. The molecule has 402 valence electrons. The number of allylic oxidation sites excluding steroid dienone is 3. The zero-order valence-corrected chi connectivity index (χ0v) is 42.6. The van der Waals surface area contributed by atoms with Gasteiger partial charge in [-0.2, -0.15) is 0 Å². The van der Waals surface area contributed by atoms with Crippen LogP contribution in [0.15, 0.2) is 119 Å². The van der Waals surface area contributed by atoms with Gasteiger partial charge >= 0.3 is 7.40 Å². The Balaban J connectivity index is 0.951. The number of aliphatic hydroxyl groups is 7. The van der Waals surface area contributed by atoms with Crippen molar-refractivity contribution < 1.29 is 63.3 Å². The highest BCUT2D eigenvalue weighted by molar-refractivity contribution is 6.42. The Labute approximate surface area is 441 Å². The number of benzene rings is 3. The quantitative estimate of drug-likeness (QED) is 0.0484. The van der Waals surface area contributed by atoms with Crippen LogP contribution >= 0.6 is 0 Å². The molecular weight excluding hydrogens is 995 g/mol. The average Bonchev–Trinajstić information content (AvgIpc) is 4.35. The van der Waals surface area contributed by atoms with Gasteiger partial charge in [0.2, 0.25) is 0 Å². The van der Waals surface area contributed by atoms with Crippen molar-refractivity contribution in [3.05, 3.63) is 159 Å². The van der Waals surface area contributed by atoms with Gasteiger partial charge in [0.1, 0.15) is 66.9 Å². The first-order chi connectivity index (χ1) is 37.2. The van der Waals surface area contributed by atoms with Crippen molar-refractivity contribution in [3.63, 3.8) is 0 Å². The van der Waals surface area contributed by atoms with Crippen LogP contribution in [0.3, 0.4) is 0 Å². The zero-order chi connectivity index (χ0) is 54.2. The summed E-state index contributed by atoms with van der Waals surface area (Å²) in [4.78, 5) is 11.9. The molecule has 2 fully saturated rings. The highest BCUT2D eigenvalue weighted by Crippen LogP contribution is 2.42. The fraction of sp³-hybridized carbons (Fsp3) is 0.339. The van der Waals surface area contributed by atoms with Crippen molar-refractivity contribution in [2.45, 2.75) is 108 Å². The number of nitrogens with one attached hydrogen (secondary N) is 2. The van der Waals surface area contributed by atoms with Gasteiger partial charge in [-0.3, -0.25) is 8.63 Å². The SMILES string of the molecule is CCC1=C(C)/C(=C(\c2ccc(OCc3cn([C@H]4O[C@@H](CO)[C@@H](O[C@H]5O[C@@H](CO)[C@@H](O)[C@@H](O)[C@@H]5O)[C@@H](O)[C@@H]4O)nn3)cc2)c2c(C)c(CC)c(/C=C/c3c[nH]c4ccccc34)n2B(F)F)N=C1/C=C/c1c[nH]c2ccccc12. The van der Waals surface area contributed by atoms with E-state index >= 15 is 8.63 Å². The maximum atomic E-state index is 16.0. The average molecular weight is 1060 g/mol. The molecule has 0 saturated carbocycles. The second-order valence-electron chi connectivity index (χ2n) is 19.3. The molecule has 0 radical (unpaired) electrons. The van der Waals surface area contributed by atoms with Gasteiger partial charge in [0.05, 0.1) is 30.8 Å². The Kier molecular flexibility index (Phi) is 15.7. The molecule has 18 nitrogen and oxygen atoms in total. The third-order valence-electron chi connectivity index (χ3n) is 14.8. The van der Waals surface area contributed by atoms with E-state index in [9.17, 15) is 35.7 Å². The minimum absolute atomic E-state index is 0.123. The lowest BCUT2D eigenvalue weighted by Gasteiger charge is -2.45. The van der Waals surface area contributed by atoms with Gasteiger partial charge in [0, 0.05) is 51.2 Å². The zero-order valence-electron chi connectivity index (χ0n) is 42.6. The molecule has 77 heavy (non-hydrogen) atoms. The summed E-state index contributed by atoms with van der Waals surface area (Å²) in [6, 6.07) is 22.9. The van der Waals surface area contributed by atoms with E-state index in [2.05, 4.69) is 27.2 Å². The number of hydrogen-bond acceptors (Lipinski definition) is 14. The number of para-hydroxylation sites is 2. The van der Waals surface area contributed by atoms with E-state index < -0.39 is 82.0 Å². The molecule has 0 spiro atoms. The fourth-order valence-corrected chi connectivity index (χ4v) is 10.7. The molecule has 0 unspecified atom stereocenters. The van der Waals surface area contributed by atoms with Crippen LogP contribution in [0.5, 0.6) is 5.75 Å². The van der Waals surface area contributed by atoms with E-state index in [0.29, 0.717) is 52.4 Å². The number of aliphatic imine (C=N–C) groups is 1. The van der Waals surface area contributed by atoms with Gasteiger partial charge in [-0.25, -0.2) is 9.67 Å². The number of rotatable bonds is 17. The van der Waals surface area contributed by atoms with Gasteiger partial charge in [-0.1, -0.05) is 79.7 Å². The molecule has 0 bridgehead atoms. The monoisotopic (exact) mass is 1060 g/mol. The Morgan fingerprint density at radius 3 is 2.03 bits per heavy atom. The number of fused-ring (bicyclic) bond motifs is 2. The topological polar surface area (TPSA) is 258 Å². The van der Waals surface area contributed by atoms with Crippen LogP contribution in [-0.4, -0.2) is 147 Å². The van der Waals surface area contributed by atoms with E-state index in [4.69, 9.17) is 23.9 Å². The summed E-state index contributed by atoms with van der Waals surface area (Å²) >= 11 is 0. The standard InChI is InChI=1S/C56H60BF2N7O11/c1-5-36-29(3)47(62-42(36)21-17-32-23-60-40-13-9-7-11-38(32)40)46(48-30(4)37(6-2)43(66(48)57(58)59)22-18-33-24-61-41-14-10-8-12-39(33)41)31-15-19-35(20-16-31)74-28-34-25-65(64-63-34)55-52(72)51(71)54(45(27-68)75-55)77-56-53(73)50(70)49(69)44(26-67)76-56/h7-25,44-45,49-56,60-61,67-73H,5-6,26-28H2,1-4H3/b21-17+,22-18+,47-46-/t44-,45-,49+,50+,51-,52-,53-,54+,55-,56+/m0/s1. The molecule has 0 aliphatic carbocycles. The van der Waals surface area contributed by atoms with Crippen molar-refractivity contribution >= 4 is 58.7 Å². The first-order valence-electron chi connectivity index (χ1n) is 25.5. The molecule has 10 atom stereocenters. The van der Waals surface area contributed by atoms with Crippen LogP contribution in [0.1, 0.15) is 78.3 Å². The summed E-state index contributed by atoms with van der Waals surface area (Å²) in [7, 11) is -2.93. The smallest absolute Gasteiger partial charge is 0.487 e. The molecule has 3 aromatic carbocycles. The first-order valence-corrected chi connectivity index (χ1v) is 25.5. The third kappa shape index (κ3) is 10.2. The second-order valence-corrected chi connectivity index (χ2v) is 19.3. The van der Waals surface area contributed by atoms with Crippen LogP contribution in [-0.2, 0) is 27.2 Å². The number of aliphatic hydroxyl groups excluding tert-OH is 7. The normalized spacial score (nSPS) is 25.8. The first kappa shape index (κ1) is 53.5. The van der Waals surface area contributed by atoms with Crippen molar-refractivity contribution in [2.75, 3.05) is 13.2 Å². The van der Waals surface area contributed by atoms with Gasteiger partial charge in [-0.05, 0) is 102 Å². The summed E-state index contributed by atoms with van der Waals surface area (Å²) in [5.41, 5.74) is 10.5. The maximum Gasteiger partial charge on any atom is 0.678 e. The Morgan fingerprint density at radius 1 is 0.753 bits per heavy atom. The maximum absolute atomic E-state index is 16.0. The predicted octanol–water partition coefficient (Wildman–Crippen LogP) is 5.88. The molecule has 0 amide bonds. The molecule has 7 heterocycles. The number of nitrogens with zero attached hydrogens (tertiary/aromatic N) is 5. The van der Waals surface area contributed by atoms with E-state index in [0.717, 1.165) is 64.5 Å². The Bertz CT molecular complexity index is 3410. The molecule has 2 saturated heterocycles. The summed E-state index contributed by atoms with van der Waals surface area (Å²) in [5.74, 6) is 0.405. The molecule has 3 aliphatic rings. The summed E-state index contributed by atoms with van der Waals surface area (Å²) in [5, 5.41) is 83.5. The Hall–Kier alpha value is -6.89. The predicted molar refractivity (Wildman–Crippen MR) is 285 cm³/mol. The van der Waals surface area contributed by atoms with Crippen LogP contribution in [0.25, 0.3) is 45.6 Å². The van der Waals surface area contributed by atoms with Gasteiger partial charge in [0.25, 0.3) is 0 Å². The molecular formula is C56H60BF2N7O11. The minimum Gasteiger partial charge on any atom is -0.487 e. The molecule has 10 rings (SSSR count). The van der Waals surface area contributed by atoms with Gasteiger partial charge in [0.15, 0.2) is 12.5 Å². The van der Waals surface area contributed by atoms with Gasteiger partial charge < -0.3 is 69.1 Å². The lowest BCUT2D eigenvalue weighted by Crippen LogP contribution is -2.63. The summed E-state index contributed by atoms with van der Waals surface area (Å²) < 4.78 is 57.5. The van der Waals surface area contributed by atoms with E-state index in [1.165, 1.54) is 6.20 Å². The van der Waals surface area contributed by atoms with E-state index in [1.807, 2.05) is 112 Å². The lowest BCUT2D eigenvalue weighted by atomic mass is 9.92. The molecule has 7 aromatic rings. The van der Waals surface area contributed by atoms with Crippen LogP contribution < -0.4 is 4.74 Å². The number of halogens is 2. The van der Waals surface area contributed by atoms with Crippen molar-refractivity contribution in [2.24, 2.45) is 4.99 Å². The molecule has 4 aromatic heterocycles. The fourth-order valence-electron chi connectivity index (χ4n) is 10.7. The third-order valence-corrected chi connectivity index (χ3v) is 14.8. The van der Waals surface area contributed by atoms with Crippen LogP contribution in [0.2, 0.25) is 0 Å². The van der Waals surface area contributed by atoms with Crippen LogP contribution in [0.4, 0.5) is 8.63 Å². The van der Waals surface area contributed by atoms with E-state index in [-0.39, 0.29) is 12.3 Å². The molecule has 9 N–H and O–H groups in total. The number of ether oxygens (including phenoxy) is 4. The minimum atomic E-state index is -2.93. The number of aromatic nitrogens is 6. The van der Waals surface area contributed by atoms with Crippen molar-refractivity contribution in [1.29, 1.82) is 0 Å².